The Balaban J connectivity index is 1.65. The van der Waals surface area contributed by atoms with Crippen molar-refractivity contribution in [1.82, 2.24) is 10.3 Å². The van der Waals surface area contributed by atoms with E-state index < -0.39 is 0 Å². The predicted octanol–water partition coefficient (Wildman–Crippen LogP) is 4.90. The number of nitrogens with one attached hydrogen (secondary N) is 1. The molecule has 0 aliphatic rings. The van der Waals surface area contributed by atoms with Gasteiger partial charge < -0.3 is 5.32 Å². The Morgan fingerprint density at radius 1 is 1.12 bits per heavy atom. The number of hydrogen-bond acceptors (Lipinski definition) is 2. The number of hydrogen-bond donors (Lipinski definition) is 1. The van der Waals surface area contributed by atoms with Crippen molar-refractivity contribution in [3.8, 4) is 0 Å². The van der Waals surface area contributed by atoms with Crippen LogP contribution in [0.1, 0.15) is 16.7 Å². The van der Waals surface area contributed by atoms with E-state index in [1.165, 1.54) is 27.6 Å². The Morgan fingerprint density at radius 3 is 2.75 bits per heavy atom. The molecule has 0 spiro atoms. The third kappa shape index (κ3) is 3.98. The molecular formula is C22H22N2. The summed E-state index contributed by atoms with van der Waals surface area (Å²) >= 11 is 0. The zero-order valence-electron chi connectivity index (χ0n) is 14.0. The van der Waals surface area contributed by atoms with Crippen LogP contribution in [0, 0.1) is 6.92 Å². The van der Waals surface area contributed by atoms with Crippen LogP contribution >= 0.6 is 0 Å². The van der Waals surface area contributed by atoms with Crippen molar-refractivity contribution >= 4 is 17.0 Å². The van der Waals surface area contributed by atoms with Gasteiger partial charge in [0.05, 0.1) is 5.52 Å². The quantitative estimate of drug-likeness (QED) is 0.654. The summed E-state index contributed by atoms with van der Waals surface area (Å²) in [6.07, 6.45) is 6.04. The first-order valence-corrected chi connectivity index (χ1v) is 8.19. The molecule has 0 aliphatic heterocycles. The van der Waals surface area contributed by atoms with Crippen molar-refractivity contribution in [3.05, 3.63) is 95.7 Å². The lowest BCUT2D eigenvalue weighted by atomic mass is 10.1. The van der Waals surface area contributed by atoms with Gasteiger partial charge in [-0.15, -0.1) is 0 Å². The van der Waals surface area contributed by atoms with Crippen molar-refractivity contribution < 1.29 is 0 Å². The predicted molar refractivity (Wildman–Crippen MR) is 103 cm³/mol. The Labute approximate surface area is 143 Å². The molecular weight excluding hydrogens is 292 g/mol. The Bertz CT molecular complexity index is 878. The molecule has 0 radical (unpaired) electrons. The van der Waals surface area contributed by atoms with Gasteiger partial charge in [0.15, 0.2) is 0 Å². The van der Waals surface area contributed by atoms with Gasteiger partial charge in [-0.2, -0.15) is 0 Å². The molecule has 0 saturated heterocycles. The van der Waals surface area contributed by atoms with E-state index in [1.54, 1.807) is 0 Å². The second kappa shape index (κ2) is 7.71. The van der Waals surface area contributed by atoms with Gasteiger partial charge in [0.25, 0.3) is 0 Å². The summed E-state index contributed by atoms with van der Waals surface area (Å²) in [5, 5.41) is 4.65. The van der Waals surface area contributed by atoms with Gasteiger partial charge in [-0.3, -0.25) is 4.98 Å². The zero-order valence-corrected chi connectivity index (χ0v) is 14.0. The minimum atomic E-state index is 0.782. The second-order valence-corrected chi connectivity index (χ2v) is 5.92. The number of benzene rings is 2. The molecule has 2 aromatic carbocycles. The summed E-state index contributed by atoms with van der Waals surface area (Å²) in [6.45, 7) is 7.63. The minimum absolute atomic E-state index is 0.782. The number of aryl methyl sites for hydroxylation is 1. The standard InChI is InChI=1S/C22H22N2/c1-3-18(12-20-9-5-4-8-17(20)2)14-23-15-19-13-21-10-6-7-11-22(21)24-16-19/h3-13,16,23H,1,14-15H2,2H3/b18-12+. The molecule has 0 aliphatic carbocycles. The first-order chi connectivity index (χ1) is 11.8. The molecule has 2 heteroatoms. The highest BCUT2D eigenvalue weighted by atomic mass is 14.9. The summed E-state index contributed by atoms with van der Waals surface area (Å²) in [5.41, 5.74) is 5.91. The molecule has 24 heavy (non-hydrogen) atoms. The fourth-order valence-corrected chi connectivity index (χ4v) is 2.70. The molecule has 0 unspecified atom stereocenters. The van der Waals surface area contributed by atoms with Crippen LogP contribution in [0.4, 0.5) is 0 Å². The van der Waals surface area contributed by atoms with Crippen LogP contribution in [0.2, 0.25) is 0 Å². The monoisotopic (exact) mass is 314 g/mol. The van der Waals surface area contributed by atoms with E-state index in [-0.39, 0.29) is 0 Å². The summed E-state index contributed by atoms with van der Waals surface area (Å²) in [5.74, 6) is 0. The van der Waals surface area contributed by atoms with Crippen molar-refractivity contribution in [3.63, 3.8) is 0 Å². The van der Waals surface area contributed by atoms with E-state index in [0.29, 0.717) is 0 Å². The molecule has 0 bridgehead atoms. The largest absolute Gasteiger partial charge is 0.309 e. The van der Waals surface area contributed by atoms with Crippen molar-refractivity contribution in [2.24, 2.45) is 0 Å². The smallest absolute Gasteiger partial charge is 0.0702 e. The van der Waals surface area contributed by atoms with Gasteiger partial charge in [-0.25, -0.2) is 0 Å². The Morgan fingerprint density at radius 2 is 1.92 bits per heavy atom. The highest BCUT2D eigenvalue weighted by Crippen LogP contribution is 2.14. The maximum absolute atomic E-state index is 4.50. The first-order valence-electron chi connectivity index (χ1n) is 8.19. The average molecular weight is 314 g/mol. The van der Waals surface area contributed by atoms with Crippen molar-refractivity contribution in [2.45, 2.75) is 13.5 Å². The normalized spacial score (nSPS) is 11.6. The van der Waals surface area contributed by atoms with Crippen LogP contribution in [0.25, 0.3) is 17.0 Å². The van der Waals surface area contributed by atoms with Crippen molar-refractivity contribution in [1.29, 1.82) is 0 Å². The lowest BCUT2D eigenvalue weighted by Crippen LogP contribution is -2.16. The molecule has 2 nitrogen and oxygen atoms in total. The lowest BCUT2D eigenvalue weighted by Gasteiger charge is -2.08. The van der Waals surface area contributed by atoms with Gasteiger partial charge in [-0.05, 0) is 41.3 Å². The summed E-state index contributed by atoms with van der Waals surface area (Å²) in [6, 6.07) is 18.8. The maximum atomic E-state index is 4.50. The topological polar surface area (TPSA) is 24.9 Å². The molecule has 3 rings (SSSR count). The number of rotatable bonds is 6. The highest BCUT2D eigenvalue weighted by Gasteiger charge is 1.99. The zero-order chi connectivity index (χ0) is 16.8. The van der Waals surface area contributed by atoms with Gasteiger partial charge >= 0.3 is 0 Å². The van der Waals surface area contributed by atoms with E-state index >= 15 is 0 Å². The highest BCUT2D eigenvalue weighted by molar-refractivity contribution is 5.78. The number of fused-ring (bicyclic) bond motifs is 1. The van der Waals surface area contributed by atoms with E-state index in [1.807, 2.05) is 30.5 Å². The van der Waals surface area contributed by atoms with Gasteiger partial charge in [0.1, 0.15) is 0 Å². The summed E-state index contributed by atoms with van der Waals surface area (Å²) in [4.78, 5) is 4.50. The first kappa shape index (κ1) is 16.2. The van der Waals surface area contributed by atoms with Crippen LogP contribution in [0.15, 0.2) is 79.0 Å². The fourth-order valence-electron chi connectivity index (χ4n) is 2.70. The van der Waals surface area contributed by atoms with Crippen LogP contribution < -0.4 is 5.32 Å². The van der Waals surface area contributed by atoms with E-state index in [2.05, 4.69) is 66.3 Å². The molecule has 1 aromatic heterocycles. The third-order valence-corrected chi connectivity index (χ3v) is 4.10. The van der Waals surface area contributed by atoms with Crippen LogP contribution in [-0.2, 0) is 6.54 Å². The summed E-state index contributed by atoms with van der Waals surface area (Å²) < 4.78 is 0. The van der Waals surface area contributed by atoms with Crippen LogP contribution in [0.5, 0.6) is 0 Å². The Hall–Kier alpha value is -2.71. The number of nitrogens with zero attached hydrogens (tertiary/aromatic N) is 1. The minimum Gasteiger partial charge on any atom is -0.309 e. The lowest BCUT2D eigenvalue weighted by molar-refractivity contribution is 0.747. The van der Waals surface area contributed by atoms with E-state index in [9.17, 15) is 0 Å². The molecule has 120 valence electrons. The molecule has 0 fully saturated rings. The van der Waals surface area contributed by atoms with E-state index in [4.69, 9.17) is 0 Å². The number of para-hydroxylation sites is 1. The van der Waals surface area contributed by atoms with Gasteiger partial charge in [0, 0.05) is 24.7 Å². The van der Waals surface area contributed by atoms with Gasteiger partial charge in [0.2, 0.25) is 0 Å². The SMILES string of the molecule is C=C/C(=C\c1ccccc1C)CNCc1cnc2ccccc2c1. The van der Waals surface area contributed by atoms with E-state index in [0.717, 1.165) is 18.6 Å². The molecule has 1 heterocycles. The average Bonchev–Trinajstić information content (AvgIpc) is 2.62. The molecule has 1 N–H and O–H groups in total. The van der Waals surface area contributed by atoms with Crippen molar-refractivity contribution in [2.75, 3.05) is 6.54 Å². The molecule has 0 amide bonds. The summed E-state index contributed by atoms with van der Waals surface area (Å²) in [7, 11) is 0. The number of aromatic nitrogens is 1. The Kier molecular flexibility index (Phi) is 5.19. The molecule has 0 atom stereocenters. The number of pyridine rings is 1. The third-order valence-electron chi connectivity index (χ3n) is 4.10. The van der Waals surface area contributed by atoms with Gasteiger partial charge in [-0.1, -0.05) is 61.2 Å². The van der Waals surface area contributed by atoms with Crippen LogP contribution in [-0.4, -0.2) is 11.5 Å². The second-order valence-electron chi connectivity index (χ2n) is 5.92. The maximum Gasteiger partial charge on any atom is 0.0702 e. The molecule has 3 aromatic rings. The van der Waals surface area contributed by atoms with Crippen LogP contribution in [0.3, 0.4) is 0 Å². The molecule has 0 saturated carbocycles. The fraction of sp³-hybridized carbons (Fsp3) is 0.136.